The van der Waals surface area contributed by atoms with E-state index >= 15 is 0 Å². The predicted octanol–water partition coefficient (Wildman–Crippen LogP) is 1.15. The Labute approximate surface area is 102 Å². The Kier molecular flexibility index (Phi) is 5.44. The summed E-state index contributed by atoms with van der Waals surface area (Å²) in [6, 6.07) is 0. The molecule has 1 aromatic heterocycles. The van der Waals surface area contributed by atoms with Crippen LogP contribution in [0.4, 0.5) is 4.39 Å². The van der Waals surface area contributed by atoms with Crippen LogP contribution < -0.4 is 0 Å². The summed E-state index contributed by atoms with van der Waals surface area (Å²) >= 11 is 0. The van der Waals surface area contributed by atoms with Crippen LogP contribution in [0, 0.1) is 6.92 Å². The third-order valence-corrected chi connectivity index (χ3v) is 2.97. The fraction of sp³-hybridized carbons (Fsp3) is 0.667. The summed E-state index contributed by atoms with van der Waals surface area (Å²) in [5, 5.41) is 7.00. The number of piperidine rings is 1. The van der Waals surface area contributed by atoms with Crippen molar-refractivity contribution in [2.24, 2.45) is 0 Å². The Morgan fingerprint density at radius 3 is 2.47 bits per heavy atom. The van der Waals surface area contributed by atoms with Crippen LogP contribution in [-0.4, -0.2) is 53.4 Å². The third kappa shape index (κ3) is 3.71. The minimum Gasteiger partial charge on any atom is -0.400 e. The van der Waals surface area contributed by atoms with Gasteiger partial charge in [0.05, 0.1) is 0 Å². The number of nitrogens with zero attached hydrogens (tertiary/aromatic N) is 3. The first kappa shape index (κ1) is 14.0. The number of halogens is 1. The average molecular weight is 241 g/mol. The standard InChI is InChI=1S/C11H16FN3.CH4O/c1-8-13-5-9(6-14-8)10-3-4-15(2)7-11(10)12;1-2/h5-6,10-11H,3-4,7H2,1-2H3;2H,1H3/t10-,11+;/m0./s1. The number of aromatic nitrogens is 2. The van der Waals surface area contributed by atoms with Gasteiger partial charge in [0.2, 0.25) is 0 Å². The van der Waals surface area contributed by atoms with Crippen LogP contribution in [0.2, 0.25) is 0 Å². The zero-order valence-electron chi connectivity index (χ0n) is 10.6. The first-order chi connectivity index (χ1) is 8.16. The van der Waals surface area contributed by atoms with Gasteiger partial charge in [-0.2, -0.15) is 0 Å². The quantitative estimate of drug-likeness (QED) is 0.801. The van der Waals surface area contributed by atoms with E-state index in [1.165, 1.54) is 0 Å². The van der Waals surface area contributed by atoms with E-state index < -0.39 is 6.17 Å². The van der Waals surface area contributed by atoms with Gasteiger partial charge in [-0.25, -0.2) is 14.4 Å². The van der Waals surface area contributed by atoms with Crippen molar-refractivity contribution in [2.45, 2.75) is 25.4 Å². The lowest BCUT2D eigenvalue weighted by molar-refractivity contribution is 0.139. The van der Waals surface area contributed by atoms with Gasteiger partial charge in [-0.1, -0.05) is 0 Å². The lowest BCUT2D eigenvalue weighted by atomic mass is 9.90. The van der Waals surface area contributed by atoms with Gasteiger partial charge in [-0.15, -0.1) is 0 Å². The Bertz CT molecular complexity index is 331. The highest BCUT2D eigenvalue weighted by atomic mass is 19.1. The van der Waals surface area contributed by atoms with Crippen molar-refractivity contribution in [2.75, 3.05) is 27.2 Å². The first-order valence-electron chi connectivity index (χ1n) is 5.72. The highest BCUT2D eigenvalue weighted by molar-refractivity contribution is 5.15. The molecule has 1 aliphatic rings. The Morgan fingerprint density at radius 2 is 1.94 bits per heavy atom. The topological polar surface area (TPSA) is 49.3 Å². The van der Waals surface area contributed by atoms with E-state index in [1.807, 2.05) is 18.9 Å². The predicted molar refractivity (Wildman–Crippen MR) is 64.7 cm³/mol. The summed E-state index contributed by atoms with van der Waals surface area (Å²) in [5.74, 6) is 0.712. The van der Waals surface area contributed by atoms with Gasteiger partial charge in [0.25, 0.3) is 0 Å². The maximum atomic E-state index is 13.8. The molecule has 5 heteroatoms. The van der Waals surface area contributed by atoms with Crippen molar-refractivity contribution in [1.82, 2.24) is 14.9 Å². The van der Waals surface area contributed by atoms with Crippen LogP contribution in [0.1, 0.15) is 23.7 Å². The lowest BCUT2D eigenvalue weighted by Crippen LogP contribution is -2.38. The molecule has 0 bridgehead atoms. The normalized spacial score (nSPS) is 25.0. The largest absolute Gasteiger partial charge is 0.400 e. The van der Waals surface area contributed by atoms with Gasteiger partial charge in [0.15, 0.2) is 0 Å². The van der Waals surface area contributed by atoms with Crippen LogP contribution >= 0.6 is 0 Å². The van der Waals surface area contributed by atoms with E-state index in [9.17, 15) is 4.39 Å². The lowest BCUT2D eigenvalue weighted by Gasteiger charge is -2.32. The number of aryl methyl sites for hydroxylation is 1. The number of hydrogen-bond donors (Lipinski definition) is 1. The molecule has 0 aromatic carbocycles. The molecule has 17 heavy (non-hydrogen) atoms. The number of likely N-dealkylation sites (tertiary alicyclic amines) is 1. The van der Waals surface area contributed by atoms with Crippen LogP contribution in [0.5, 0.6) is 0 Å². The van der Waals surface area contributed by atoms with Gasteiger partial charge in [0, 0.05) is 32.0 Å². The Hall–Kier alpha value is -1.07. The summed E-state index contributed by atoms with van der Waals surface area (Å²) in [7, 11) is 2.95. The smallest absolute Gasteiger partial charge is 0.125 e. The molecular formula is C12H20FN3O. The summed E-state index contributed by atoms with van der Waals surface area (Å²) in [6.07, 6.45) is 3.56. The van der Waals surface area contributed by atoms with Crippen molar-refractivity contribution in [3.05, 3.63) is 23.8 Å². The molecule has 96 valence electrons. The average Bonchev–Trinajstić information content (AvgIpc) is 2.33. The molecule has 2 rings (SSSR count). The van der Waals surface area contributed by atoms with Gasteiger partial charge >= 0.3 is 0 Å². The molecule has 2 atom stereocenters. The fourth-order valence-corrected chi connectivity index (χ4v) is 2.03. The molecule has 0 unspecified atom stereocenters. The molecule has 0 saturated carbocycles. The molecule has 1 aromatic rings. The Morgan fingerprint density at radius 1 is 1.35 bits per heavy atom. The van der Waals surface area contributed by atoms with Gasteiger partial charge in [-0.3, -0.25) is 0 Å². The SMILES string of the molecule is CO.Cc1ncc([C@@H]2CCN(C)C[C@H]2F)cn1. The third-order valence-electron chi connectivity index (χ3n) is 2.97. The molecule has 2 heterocycles. The van der Waals surface area contributed by atoms with Crippen LogP contribution in [0.3, 0.4) is 0 Å². The second-order valence-electron chi connectivity index (χ2n) is 4.24. The first-order valence-corrected chi connectivity index (χ1v) is 5.72. The molecule has 0 spiro atoms. The van der Waals surface area contributed by atoms with Gasteiger partial charge in [-0.05, 0) is 32.5 Å². The van der Waals surface area contributed by atoms with Crippen molar-refractivity contribution in [3.8, 4) is 0 Å². The summed E-state index contributed by atoms with van der Waals surface area (Å²) in [6.45, 7) is 3.29. The molecule has 1 N–H and O–H groups in total. The summed E-state index contributed by atoms with van der Waals surface area (Å²) < 4.78 is 13.8. The van der Waals surface area contributed by atoms with E-state index in [-0.39, 0.29) is 5.92 Å². The molecule has 1 fully saturated rings. The van der Waals surface area contributed by atoms with Gasteiger partial charge < -0.3 is 10.0 Å². The number of hydrogen-bond acceptors (Lipinski definition) is 4. The maximum Gasteiger partial charge on any atom is 0.125 e. The second kappa shape index (κ2) is 6.61. The van der Waals surface area contributed by atoms with Crippen molar-refractivity contribution in [3.63, 3.8) is 0 Å². The van der Waals surface area contributed by atoms with E-state index in [4.69, 9.17) is 5.11 Å². The van der Waals surface area contributed by atoms with E-state index in [0.29, 0.717) is 6.54 Å². The van der Waals surface area contributed by atoms with Crippen molar-refractivity contribution < 1.29 is 9.50 Å². The zero-order chi connectivity index (χ0) is 12.8. The molecular weight excluding hydrogens is 221 g/mol. The highest BCUT2D eigenvalue weighted by Gasteiger charge is 2.29. The van der Waals surface area contributed by atoms with Crippen LogP contribution in [-0.2, 0) is 0 Å². The summed E-state index contributed by atoms with van der Waals surface area (Å²) in [5.41, 5.74) is 0.932. The van der Waals surface area contributed by atoms with Gasteiger partial charge in [0.1, 0.15) is 12.0 Å². The molecule has 0 aliphatic carbocycles. The monoisotopic (exact) mass is 241 g/mol. The number of rotatable bonds is 1. The molecule has 0 radical (unpaired) electrons. The number of aliphatic hydroxyl groups is 1. The maximum absolute atomic E-state index is 13.8. The van der Waals surface area contributed by atoms with E-state index in [0.717, 1.165) is 31.5 Å². The minimum absolute atomic E-state index is 0.0261. The van der Waals surface area contributed by atoms with E-state index in [1.54, 1.807) is 12.4 Å². The van der Waals surface area contributed by atoms with E-state index in [2.05, 4.69) is 9.97 Å². The number of alkyl halides is 1. The fourth-order valence-electron chi connectivity index (χ4n) is 2.03. The van der Waals surface area contributed by atoms with Crippen LogP contribution in [0.15, 0.2) is 12.4 Å². The molecule has 0 amide bonds. The zero-order valence-corrected chi connectivity index (χ0v) is 10.6. The van der Waals surface area contributed by atoms with Crippen molar-refractivity contribution in [1.29, 1.82) is 0 Å². The molecule has 1 aliphatic heterocycles. The minimum atomic E-state index is -0.796. The van der Waals surface area contributed by atoms with Crippen LogP contribution in [0.25, 0.3) is 0 Å². The second-order valence-corrected chi connectivity index (χ2v) is 4.24. The Balaban J connectivity index is 0.000000686. The summed E-state index contributed by atoms with van der Waals surface area (Å²) in [4.78, 5) is 10.3. The van der Waals surface area contributed by atoms with Crippen molar-refractivity contribution >= 4 is 0 Å². The molecule has 4 nitrogen and oxygen atoms in total. The highest BCUT2D eigenvalue weighted by Crippen LogP contribution is 2.28. The molecule has 1 saturated heterocycles. The number of aliphatic hydroxyl groups excluding tert-OH is 1.